The summed E-state index contributed by atoms with van der Waals surface area (Å²) in [6, 6.07) is 5.97. The van der Waals surface area contributed by atoms with Gasteiger partial charge in [0.2, 0.25) is 0 Å². The van der Waals surface area contributed by atoms with Crippen LogP contribution in [0.4, 0.5) is 4.39 Å². The smallest absolute Gasteiger partial charge is 0.270 e. The quantitative estimate of drug-likeness (QED) is 0.619. The topological polar surface area (TPSA) is 130 Å². The Bertz CT molecular complexity index is 1090. The second-order valence-electron chi connectivity index (χ2n) is 8.47. The summed E-state index contributed by atoms with van der Waals surface area (Å²) in [5.74, 6) is -0.329. The summed E-state index contributed by atoms with van der Waals surface area (Å²) in [5, 5.41) is 7.00. The van der Waals surface area contributed by atoms with Crippen LogP contribution in [0.25, 0.3) is 0 Å². The van der Waals surface area contributed by atoms with Crippen LogP contribution >= 0.6 is 0 Å². The molecule has 0 spiro atoms. The van der Waals surface area contributed by atoms with Gasteiger partial charge >= 0.3 is 0 Å². The minimum absolute atomic E-state index is 0.111. The molecule has 1 aromatic carbocycles. The van der Waals surface area contributed by atoms with Gasteiger partial charge in [-0.1, -0.05) is 11.2 Å². The third-order valence-corrected chi connectivity index (χ3v) is 5.83. The summed E-state index contributed by atoms with van der Waals surface area (Å²) < 4.78 is 30.2. The summed E-state index contributed by atoms with van der Waals surface area (Å²) in [6.07, 6.45) is -0.000493. The Morgan fingerprint density at radius 2 is 2.12 bits per heavy atom. The molecule has 1 aromatic heterocycles. The van der Waals surface area contributed by atoms with Gasteiger partial charge in [0.25, 0.3) is 5.91 Å². The van der Waals surface area contributed by atoms with Crippen molar-refractivity contribution in [3.63, 3.8) is 0 Å². The van der Waals surface area contributed by atoms with Crippen molar-refractivity contribution in [3.05, 3.63) is 52.9 Å². The molecule has 1 saturated heterocycles. The number of carbonyl (C=O) groups is 1. The molecule has 4 rings (SSSR count). The number of rotatable bonds is 7. The minimum atomic E-state index is -0.724. The monoisotopic (exact) mass is 473 g/mol. The van der Waals surface area contributed by atoms with Crippen molar-refractivity contribution < 1.29 is 28.2 Å². The Balaban J connectivity index is 1.42. The standard InChI is InChI=1S/C23H28FN5O5/c1-13-27-17(19-8-23(2,34-29-19)21-12-32-15(9-25)11-33-21)7-18(28-13)22(30)26-10-14-4-5-16(24)20(6-14)31-3/h4-7,15,21H,8-12,25H2,1-3H3,(H,26,30)/t15-,21?,23?/m1/s1. The van der Waals surface area contributed by atoms with Crippen molar-refractivity contribution in [1.82, 2.24) is 15.3 Å². The van der Waals surface area contributed by atoms with Gasteiger partial charge < -0.3 is 30.1 Å². The molecule has 0 aliphatic carbocycles. The normalized spacial score (nSPS) is 24.3. The number of benzene rings is 1. The lowest BCUT2D eigenvalue weighted by atomic mass is 9.91. The number of halogens is 1. The van der Waals surface area contributed by atoms with E-state index in [1.807, 2.05) is 6.92 Å². The van der Waals surface area contributed by atoms with Crippen LogP contribution in [-0.4, -0.2) is 66.3 Å². The number of hydrogen-bond acceptors (Lipinski definition) is 9. The Kier molecular flexibility index (Phi) is 7.05. The number of hydrogen-bond donors (Lipinski definition) is 2. The molecular formula is C23H28FN5O5. The zero-order valence-electron chi connectivity index (χ0n) is 19.3. The molecule has 2 unspecified atom stereocenters. The second kappa shape index (κ2) is 10.00. The number of ether oxygens (including phenoxy) is 3. The van der Waals surface area contributed by atoms with Crippen molar-refractivity contribution >= 4 is 11.6 Å². The van der Waals surface area contributed by atoms with E-state index in [1.54, 1.807) is 19.1 Å². The number of carbonyl (C=O) groups excluding carboxylic acids is 1. The van der Waals surface area contributed by atoms with Crippen LogP contribution in [0.15, 0.2) is 29.4 Å². The van der Waals surface area contributed by atoms with Crippen LogP contribution in [0.2, 0.25) is 0 Å². The number of amides is 1. The lowest BCUT2D eigenvalue weighted by molar-refractivity contribution is -0.200. The van der Waals surface area contributed by atoms with Crippen molar-refractivity contribution in [1.29, 1.82) is 0 Å². The summed E-state index contributed by atoms with van der Waals surface area (Å²) in [6.45, 7) is 4.92. The fourth-order valence-corrected chi connectivity index (χ4v) is 3.82. The predicted octanol–water partition coefficient (Wildman–Crippen LogP) is 1.49. The average molecular weight is 474 g/mol. The summed E-state index contributed by atoms with van der Waals surface area (Å²) >= 11 is 0. The number of nitrogens with two attached hydrogens (primary N) is 1. The van der Waals surface area contributed by atoms with Crippen molar-refractivity contribution in [2.45, 2.75) is 44.6 Å². The maximum atomic E-state index is 13.6. The van der Waals surface area contributed by atoms with E-state index in [2.05, 4.69) is 20.4 Å². The van der Waals surface area contributed by atoms with E-state index in [0.717, 1.165) is 0 Å². The van der Waals surface area contributed by atoms with Gasteiger partial charge in [0, 0.05) is 19.5 Å². The molecule has 182 valence electrons. The molecule has 1 amide bonds. The molecule has 0 radical (unpaired) electrons. The zero-order chi connectivity index (χ0) is 24.3. The first kappa shape index (κ1) is 24.0. The van der Waals surface area contributed by atoms with Gasteiger partial charge in [-0.2, -0.15) is 0 Å². The number of nitrogens with one attached hydrogen (secondary N) is 1. The molecule has 3 atom stereocenters. The van der Waals surface area contributed by atoms with Crippen LogP contribution < -0.4 is 15.8 Å². The molecule has 1 fully saturated rings. The number of methoxy groups -OCH3 is 1. The van der Waals surface area contributed by atoms with Crippen LogP contribution in [0.3, 0.4) is 0 Å². The van der Waals surface area contributed by atoms with Crippen molar-refractivity contribution in [2.24, 2.45) is 10.9 Å². The van der Waals surface area contributed by atoms with Gasteiger partial charge in [-0.05, 0) is 37.6 Å². The molecule has 3 heterocycles. The number of aromatic nitrogens is 2. The molecular weight excluding hydrogens is 445 g/mol. The molecule has 0 bridgehead atoms. The van der Waals surface area contributed by atoms with E-state index in [-0.39, 0.29) is 30.2 Å². The second-order valence-corrected chi connectivity index (χ2v) is 8.47. The van der Waals surface area contributed by atoms with Crippen molar-refractivity contribution in [3.8, 4) is 5.75 Å². The lowest BCUT2D eigenvalue weighted by Gasteiger charge is -2.36. The maximum Gasteiger partial charge on any atom is 0.270 e. The van der Waals surface area contributed by atoms with Crippen LogP contribution in [-0.2, 0) is 20.9 Å². The van der Waals surface area contributed by atoms with E-state index in [1.165, 1.54) is 19.2 Å². The highest BCUT2D eigenvalue weighted by Crippen LogP contribution is 2.33. The van der Waals surface area contributed by atoms with Crippen molar-refractivity contribution in [2.75, 3.05) is 26.9 Å². The zero-order valence-corrected chi connectivity index (χ0v) is 19.3. The van der Waals surface area contributed by atoms with E-state index in [9.17, 15) is 9.18 Å². The molecule has 0 saturated carbocycles. The van der Waals surface area contributed by atoms with E-state index in [4.69, 9.17) is 24.8 Å². The number of nitrogens with zero attached hydrogens (tertiary/aromatic N) is 3. The third-order valence-electron chi connectivity index (χ3n) is 5.83. The van der Waals surface area contributed by atoms with Gasteiger partial charge in [-0.25, -0.2) is 14.4 Å². The Morgan fingerprint density at radius 3 is 2.82 bits per heavy atom. The van der Waals surface area contributed by atoms with Crippen LogP contribution in [0.1, 0.15) is 40.9 Å². The SMILES string of the molecule is COc1cc(CNC(=O)c2cc(C3=NOC(C)(C4CO[C@H](CN)CO4)C3)nc(C)n2)ccc1F. The molecule has 34 heavy (non-hydrogen) atoms. The van der Waals surface area contributed by atoms with Crippen LogP contribution in [0, 0.1) is 12.7 Å². The molecule has 3 N–H and O–H groups in total. The number of aryl methyl sites for hydroxylation is 1. The van der Waals surface area contributed by atoms with Gasteiger partial charge in [0.05, 0.1) is 32.1 Å². The Labute approximate surface area is 196 Å². The molecule has 11 heteroatoms. The first-order valence-corrected chi connectivity index (χ1v) is 11.0. The van der Waals surface area contributed by atoms with Gasteiger partial charge in [0.15, 0.2) is 17.2 Å². The minimum Gasteiger partial charge on any atom is -0.494 e. The lowest BCUT2D eigenvalue weighted by Crippen LogP contribution is -2.51. The third kappa shape index (κ3) is 5.16. The first-order chi connectivity index (χ1) is 16.3. The van der Waals surface area contributed by atoms with Crippen LogP contribution in [0.5, 0.6) is 5.75 Å². The fraction of sp³-hybridized carbons (Fsp3) is 0.478. The summed E-state index contributed by atoms with van der Waals surface area (Å²) in [7, 11) is 1.39. The highest BCUT2D eigenvalue weighted by Gasteiger charge is 2.45. The highest BCUT2D eigenvalue weighted by molar-refractivity contribution is 6.02. The predicted molar refractivity (Wildman–Crippen MR) is 120 cm³/mol. The summed E-state index contributed by atoms with van der Waals surface area (Å²) in [5.41, 5.74) is 6.88. The van der Waals surface area contributed by atoms with Gasteiger partial charge in [-0.3, -0.25) is 4.79 Å². The van der Waals surface area contributed by atoms with E-state index >= 15 is 0 Å². The molecule has 2 aromatic rings. The largest absolute Gasteiger partial charge is 0.494 e. The molecule has 2 aliphatic heterocycles. The molecule has 10 nitrogen and oxygen atoms in total. The average Bonchev–Trinajstić information content (AvgIpc) is 3.26. The van der Waals surface area contributed by atoms with E-state index in [0.29, 0.717) is 49.0 Å². The van der Waals surface area contributed by atoms with Gasteiger partial charge in [0.1, 0.15) is 23.3 Å². The van der Waals surface area contributed by atoms with Gasteiger partial charge in [-0.15, -0.1) is 0 Å². The fourth-order valence-electron chi connectivity index (χ4n) is 3.82. The highest BCUT2D eigenvalue weighted by atomic mass is 19.1. The van der Waals surface area contributed by atoms with E-state index < -0.39 is 17.3 Å². The number of oxime groups is 1. The maximum absolute atomic E-state index is 13.6. The Hall–Kier alpha value is -3.15. The first-order valence-electron chi connectivity index (χ1n) is 11.0. The molecule has 2 aliphatic rings. The Morgan fingerprint density at radius 1 is 1.29 bits per heavy atom. The summed E-state index contributed by atoms with van der Waals surface area (Å²) in [4.78, 5) is 27.2.